The monoisotopic (exact) mass is 220 g/mol. The lowest BCUT2D eigenvalue weighted by Gasteiger charge is -2.13. The molecule has 0 aromatic carbocycles. The molecule has 0 saturated heterocycles. The minimum absolute atomic E-state index is 0.0648. The molecule has 0 unspecified atom stereocenters. The van der Waals surface area contributed by atoms with Crippen LogP contribution in [0.15, 0.2) is 18.3 Å². The summed E-state index contributed by atoms with van der Waals surface area (Å²) in [6.07, 6.45) is 3.84. The summed E-state index contributed by atoms with van der Waals surface area (Å²) < 4.78 is 0. The minimum atomic E-state index is -0.0648. The van der Waals surface area contributed by atoms with Gasteiger partial charge in [-0.3, -0.25) is 9.78 Å². The summed E-state index contributed by atoms with van der Waals surface area (Å²) in [7, 11) is 0. The molecule has 1 rings (SSSR count). The highest BCUT2D eigenvalue weighted by Gasteiger charge is 2.11. The van der Waals surface area contributed by atoms with Gasteiger partial charge in [0.05, 0.1) is 0 Å². The Hall–Kier alpha value is -1.38. The number of carbonyl (C=O) groups is 1. The van der Waals surface area contributed by atoms with Gasteiger partial charge in [-0.25, -0.2) is 0 Å². The molecule has 16 heavy (non-hydrogen) atoms. The molecule has 3 heteroatoms. The van der Waals surface area contributed by atoms with E-state index in [2.05, 4.69) is 24.1 Å². The Morgan fingerprint density at radius 3 is 2.69 bits per heavy atom. The van der Waals surface area contributed by atoms with Crippen LogP contribution in [0.4, 0.5) is 0 Å². The SMILES string of the molecule is CCC(CC)CNC(=O)c1ncccc1C. The van der Waals surface area contributed by atoms with Crippen molar-refractivity contribution in [3.05, 3.63) is 29.6 Å². The maximum Gasteiger partial charge on any atom is 0.270 e. The zero-order valence-electron chi connectivity index (χ0n) is 10.3. The maximum atomic E-state index is 11.8. The molecule has 0 saturated carbocycles. The van der Waals surface area contributed by atoms with E-state index in [1.807, 2.05) is 19.1 Å². The third-order valence-electron chi connectivity index (χ3n) is 2.93. The number of nitrogens with zero attached hydrogens (tertiary/aromatic N) is 1. The second kappa shape index (κ2) is 6.26. The van der Waals surface area contributed by atoms with Gasteiger partial charge in [0, 0.05) is 12.7 Å². The average molecular weight is 220 g/mol. The molecule has 3 nitrogen and oxygen atoms in total. The van der Waals surface area contributed by atoms with Crippen molar-refractivity contribution in [2.24, 2.45) is 5.92 Å². The summed E-state index contributed by atoms with van der Waals surface area (Å²) in [5.74, 6) is 0.498. The molecule has 0 bridgehead atoms. The predicted molar refractivity (Wildman–Crippen MR) is 65.4 cm³/mol. The first-order valence-electron chi connectivity index (χ1n) is 5.88. The molecule has 1 heterocycles. The van der Waals surface area contributed by atoms with Crippen molar-refractivity contribution in [1.29, 1.82) is 0 Å². The number of carbonyl (C=O) groups excluding carboxylic acids is 1. The van der Waals surface area contributed by atoms with Crippen LogP contribution in [0.5, 0.6) is 0 Å². The van der Waals surface area contributed by atoms with Gasteiger partial charge in [-0.2, -0.15) is 0 Å². The van der Waals surface area contributed by atoms with Crippen molar-refractivity contribution < 1.29 is 4.79 Å². The summed E-state index contributed by atoms with van der Waals surface area (Å²) in [6.45, 7) is 6.93. The number of amides is 1. The van der Waals surface area contributed by atoms with Crippen LogP contribution in [0.25, 0.3) is 0 Å². The first-order valence-corrected chi connectivity index (χ1v) is 5.88. The Morgan fingerprint density at radius 1 is 1.44 bits per heavy atom. The number of aryl methyl sites for hydroxylation is 1. The molecule has 1 aromatic rings. The molecule has 1 amide bonds. The average Bonchev–Trinajstić information content (AvgIpc) is 2.30. The van der Waals surface area contributed by atoms with Crippen LogP contribution in [0, 0.1) is 12.8 Å². The van der Waals surface area contributed by atoms with Crippen molar-refractivity contribution in [3.63, 3.8) is 0 Å². The lowest BCUT2D eigenvalue weighted by Crippen LogP contribution is -2.30. The third kappa shape index (κ3) is 3.33. The van der Waals surface area contributed by atoms with Gasteiger partial charge in [0.15, 0.2) is 0 Å². The number of aromatic nitrogens is 1. The predicted octanol–water partition coefficient (Wildman–Crippen LogP) is 2.56. The Morgan fingerprint density at radius 2 is 2.12 bits per heavy atom. The largest absolute Gasteiger partial charge is 0.350 e. The molecule has 88 valence electrons. The molecule has 0 radical (unpaired) electrons. The van der Waals surface area contributed by atoms with Crippen LogP contribution in [0.2, 0.25) is 0 Å². The molecule has 0 aliphatic carbocycles. The van der Waals surface area contributed by atoms with Crippen LogP contribution in [0.3, 0.4) is 0 Å². The fraction of sp³-hybridized carbons (Fsp3) is 0.538. The standard InChI is InChI=1S/C13H20N2O/c1-4-11(5-2)9-15-13(16)12-10(3)7-6-8-14-12/h6-8,11H,4-5,9H2,1-3H3,(H,15,16). The lowest BCUT2D eigenvalue weighted by atomic mass is 10.0. The van der Waals surface area contributed by atoms with Gasteiger partial charge < -0.3 is 5.32 Å². The lowest BCUT2D eigenvalue weighted by molar-refractivity contribution is 0.0941. The maximum absolute atomic E-state index is 11.8. The Bertz CT molecular complexity index is 346. The highest BCUT2D eigenvalue weighted by atomic mass is 16.1. The van der Waals surface area contributed by atoms with Crippen molar-refractivity contribution in [2.45, 2.75) is 33.6 Å². The molecule has 0 fully saturated rings. The van der Waals surface area contributed by atoms with Crippen molar-refractivity contribution >= 4 is 5.91 Å². The van der Waals surface area contributed by atoms with Crippen molar-refractivity contribution in [3.8, 4) is 0 Å². The Balaban J connectivity index is 2.56. The van der Waals surface area contributed by atoms with Crippen molar-refractivity contribution in [1.82, 2.24) is 10.3 Å². The summed E-state index contributed by atoms with van der Waals surface area (Å²) in [6, 6.07) is 3.74. The van der Waals surface area contributed by atoms with E-state index in [0.29, 0.717) is 11.6 Å². The second-order valence-corrected chi connectivity index (χ2v) is 4.06. The van der Waals surface area contributed by atoms with Gasteiger partial charge >= 0.3 is 0 Å². The van der Waals surface area contributed by atoms with E-state index in [4.69, 9.17) is 0 Å². The van der Waals surface area contributed by atoms with Crippen LogP contribution >= 0.6 is 0 Å². The molecule has 1 aromatic heterocycles. The summed E-state index contributed by atoms with van der Waals surface area (Å²) in [4.78, 5) is 15.9. The summed E-state index contributed by atoms with van der Waals surface area (Å²) >= 11 is 0. The molecule has 0 spiro atoms. The number of pyridine rings is 1. The topological polar surface area (TPSA) is 42.0 Å². The normalized spacial score (nSPS) is 10.5. The van der Waals surface area contributed by atoms with Crippen molar-refractivity contribution in [2.75, 3.05) is 6.54 Å². The zero-order chi connectivity index (χ0) is 12.0. The fourth-order valence-corrected chi connectivity index (χ4v) is 1.62. The van der Waals surface area contributed by atoms with E-state index in [0.717, 1.165) is 24.9 Å². The highest BCUT2D eigenvalue weighted by molar-refractivity contribution is 5.93. The van der Waals surface area contributed by atoms with E-state index in [1.54, 1.807) is 6.20 Å². The number of rotatable bonds is 5. The van der Waals surface area contributed by atoms with E-state index in [-0.39, 0.29) is 5.91 Å². The van der Waals surface area contributed by atoms with Gasteiger partial charge in [0.25, 0.3) is 5.91 Å². The molecule has 1 N–H and O–H groups in total. The quantitative estimate of drug-likeness (QED) is 0.828. The molecule has 0 aliphatic rings. The van der Waals surface area contributed by atoms with E-state index in [9.17, 15) is 4.79 Å². The van der Waals surface area contributed by atoms with E-state index >= 15 is 0 Å². The smallest absolute Gasteiger partial charge is 0.270 e. The van der Waals surface area contributed by atoms with Gasteiger partial charge in [-0.1, -0.05) is 32.8 Å². The van der Waals surface area contributed by atoms with Crippen LogP contribution in [0.1, 0.15) is 42.7 Å². The van der Waals surface area contributed by atoms with Gasteiger partial charge in [-0.05, 0) is 24.5 Å². The zero-order valence-corrected chi connectivity index (χ0v) is 10.3. The Labute approximate surface area is 97.3 Å². The number of nitrogens with one attached hydrogen (secondary N) is 1. The van der Waals surface area contributed by atoms with E-state index < -0.39 is 0 Å². The van der Waals surface area contributed by atoms with Gasteiger partial charge in [0.2, 0.25) is 0 Å². The van der Waals surface area contributed by atoms with Crippen LogP contribution in [-0.2, 0) is 0 Å². The summed E-state index contributed by atoms with van der Waals surface area (Å²) in [5, 5.41) is 2.94. The molecular weight excluding hydrogens is 200 g/mol. The molecular formula is C13H20N2O. The van der Waals surface area contributed by atoms with Crippen LogP contribution in [-0.4, -0.2) is 17.4 Å². The van der Waals surface area contributed by atoms with E-state index in [1.165, 1.54) is 0 Å². The second-order valence-electron chi connectivity index (χ2n) is 4.06. The number of hydrogen-bond acceptors (Lipinski definition) is 2. The summed E-state index contributed by atoms with van der Waals surface area (Å²) in [5.41, 5.74) is 1.46. The Kier molecular flexibility index (Phi) is 4.96. The minimum Gasteiger partial charge on any atom is -0.350 e. The first kappa shape index (κ1) is 12.7. The fourth-order valence-electron chi connectivity index (χ4n) is 1.62. The number of hydrogen-bond donors (Lipinski definition) is 1. The third-order valence-corrected chi connectivity index (χ3v) is 2.93. The van der Waals surface area contributed by atoms with Crippen LogP contribution < -0.4 is 5.32 Å². The van der Waals surface area contributed by atoms with Gasteiger partial charge in [-0.15, -0.1) is 0 Å². The van der Waals surface area contributed by atoms with Gasteiger partial charge in [0.1, 0.15) is 5.69 Å². The molecule has 0 aliphatic heterocycles. The molecule has 0 atom stereocenters. The highest BCUT2D eigenvalue weighted by Crippen LogP contribution is 2.07. The first-order chi connectivity index (χ1) is 7.69.